The third-order valence-corrected chi connectivity index (χ3v) is 5.80. The van der Waals surface area contributed by atoms with E-state index in [2.05, 4.69) is 37.4 Å². The SMILES string of the molecule is CN=C(NCCCC(=O)N1Cc2ccccc2C1)N1CCN(Cc2ccon2)CC1.I. The minimum atomic E-state index is 0. The number of guanidine groups is 1. The second-order valence-electron chi connectivity index (χ2n) is 7.85. The molecular weight excluding hydrogens is 507 g/mol. The smallest absolute Gasteiger partial charge is 0.223 e. The van der Waals surface area contributed by atoms with Crippen molar-refractivity contribution in [3.8, 4) is 0 Å². The summed E-state index contributed by atoms with van der Waals surface area (Å²) < 4.78 is 4.91. The summed E-state index contributed by atoms with van der Waals surface area (Å²) in [6, 6.07) is 10.2. The fraction of sp³-hybridized carbons (Fsp3) is 0.500. The van der Waals surface area contributed by atoms with Crippen LogP contribution in [0.4, 0.5) is 0 Å². The van der Waals surface area contributed by atoms with Gasteiger partial charge in [-0.15, -0.1) is 24.0 Å². The number of amides is 1. The van der Waals surface area contributed by atoms with Crippen LogP contribution in [0, 0.1) is 0 Å². The van der Waals surface area contributed by atoms with Crippen molar-refractivity contribution in [1.82, 2.24) is 25.2 Å². The molecule has 1 aromatic heterocycles. The van der Waals surface area contributed by atoms with Gasteiger partial charge in [0.15, 0.2) is 5.96 Å². The van der Waals surface area contributed by atoms with Crippen molar-refractivity contribution < 1.29 is 9.32 Å². The van der Waals surface area contributed by atoms with Gasteiger partial charge in [-0.25, -0.2) is 0 Å². The van der Waals surface area contributed by atoms with Gasteiger partial charge in [-0.1, -0.05) is 29.4 Å². The van der Waals surface area contributed by atoms with Crippen LogP contribution in [0.25, 0.3) is 0 Å². The monoisotopic (exact) mass is 538 g/mol. The van der Waals surface area contributed by atoms with E-state index in [1.165, 1.54) is 11.1 Å². The highest BCUT2D eigenvalue weighted by Crippen LogP contribution is 2.22. The normalized spacial score (nSPS) is 16.7. The lowest BCUT2D eigenvalue weighted by molar-refractivity contribution is -0.131. The molecule has 1 aromatic carbocycles. The summed E-state index contributed by atoms with van der Waals surface area (Å²) in [5.74, 6) is 1.14. The Bertz CT molecular complexity index is 840. The second-order valence-corrected chi connectivity index (χ2v) is 7.85. The number of carbonyl (C=O) groups excluding carboxylic acids is 1. The van der Waals surface area contributed by atoms with Gasteiger partial charge in [-0.2, -0.15) is 0 Å². The van der Waals surface area contributed by atoms with Gasteiger partial charge in [0.1, 0.15) is 6.26 Å². The average Bonchev–Trinajstić information content (AvgIpc) is 3.44. The van der Waals surface area contributed by atoms with E-state index < -0.39 is 0 Å². The largest absolute Gasteiger partial charge is 0.364 e. The molecule has 3 heterocycles. The average molecular weight is 538 g/mol. The molecule has 31 heavy (non-hydrogen) atoms. The molecule has 0 unspecified atom stereocenters. The molecule has 1 fully saturated rings. The molecular formula is C22H31IN6O2. The highest BCUT2D eigenvalue weighted by molar-refractivity contribution is 14.0. The summed E-state index contributed by atoms with van der Waals surface area (Å²) in [4.78, 5) is 23.6. The molecule has 0 aliphatic carbocycles. The van der Waals surface area contributed by atoms with Crippen LogP contribution in [0.1, 0.15) is 29.7 Å². The maximum Gasteiger partial charge on any atom is 0.223 e. The van der Waals surface area contributed by atoms with Crippen LogP contribution in [0.15, 0.2) is 46.1 Å². The van der Waals surface area contributed by atoms with Crippen LogP contribution in [0.3, 0.4) is 0 Å². The van der Waals surface area contributed by atoms with Crippen molar-refractivity contribution in [2.75, 3.05) is 39.8 Å². The number of nitrogens with zero attached hydrogens (tertiary/aromatic N) is 5. The molecule has 8 nitrogen and oxygen atoms in total. The van der Waals surface area contributed by atoms with E-state index in [1.54, 1.807) is 6.26 Å². The lowest BCUT2D eigenvalue weighted by Gasteiger charge is -2.36. The van der Waals surface area contributed by atoms with Gasteiger partial charge in [0.05, 0.1) is 5.69 Å². The van der Waals surface area contributed by atoms with Crippen molar-refractivity contribution in [1.29, 1.82) is 0 Å². The zero-order valence-corrected chi connectivity index (χ0v) is 20.3. The lowest BCUT2D eigenvalue weighted by atomic mass is 10.1. The zero-order valence-electron chi connectivity index (χ0n) is 18.0. The molecule has 1 N–H and O–H groups in total. The van der Waals surface area contributed by atoms with Crippen molar-refractivity contribution >= 4 is 35.8 Å². The number of carbonyl (C=O) groups is 1. The summed E-state index contributed by atoms with van der Waals surface area (Å²) in [5, 5.41) is 7.41. The van der Waals surface area contributed by atoms with E-state index in [1.807, 2.05) is 30.1 Å². The molecule has 2 aliphatic heterocycles. The fourth-order valence-corrected chi connectivity index (χ4v) is 4.11. The number of nitrogens with one attached hydrogen (secondary N) is 1. The minimum Gasteiger partial charge on any atom is -0.364 e. The van der Waals surface area contributed by atoms with E-state index in [0.717, 1.165) is 70.4 Å². The molecule has 2 aromatic rings. The molecule has 4 rings (SSSR count). The number of fused-ring (bicyclic) bond motifs is 1. The second kappa shape index (κ2) is 11.5. The highest BCUT2D eigenvalue weighted by atomic mass is 127. The standard InChI is InChI=1S/C22H30N6O2.HI/c1-23-22(27-12-10-26(11-13-27)17-20-8-14-30-25-20)24-9-4-7-21(29)28-15-18-5-2-3-6-19(18)16-28;/h2-3,5-6,8,14H,4,7,9-13,15-17H2,1H3,(H,23,24);1H. The molecule has 0 spiro atoms. The fourth-order valence-electron chi connectivity index (χ4n) is 4.11. The van der Waals surface area contributed by atoms with Gasteiger partial charge in [-0.3, -0.25) is 14.7 Å². The Balaban J connectivity index is 0.00000272. The molecule has 168 valence electrons. The first kappa shape index (κ1) is 23.5. The summed E-state index contributed by atoms with van der Waals surface area (Å²) in [5.41, 5.74) is 3.51. The predicted octanol–water partition coefficient (Wildman–Crippen LogP) is 2.31. The first-order valence-corrected chi connectivity index (χ1v) is 10.6. The first-order valence-electron chi connectivity index (χ1n) is 10.6. The van der Waals surface area contributed by atoms with Crippen LogP contribution in [0.5, 0.6) is 0 Å². The van der Waals surface area contributed by atoms with Crippen LogP contribution in [-0.4, -0.2) is 71.5 Å². The first-order chi connectivity index (χ1) is 14.7. The van der Waals surface area contributed by atoms with E-state index in [4.69, 9.17) is 4.52 Å². The van der Waals surface area contributed by atoms with Gasteiger partial charge in [0, 0.05) is 71.9 Å². The topological polar surface area (TPSA) is 77.2 Å². The maximum atomic E-state index is 12.5. The molecule has 0 bridgehead atoms. The minimum absolute atomic E-state index is 0. The van der Waals surface area contributed by atoms with Gasteiger partial charge < -0.3 is 19.6 Å². The predicted molar refractivity (Wildman–Crippen MR) is 130 cm³/mol. The highest BCUT2D eigenvalue weighted by Gasteiger charge is 2.23. The van der Waals surface area contributed by atoms with Crippen molar-refractivity contribution in [3.63, 3.8) is 0 Å². The summed E-state index contributed by atoms with van der Waals surface area (Å²) in [6.07, 6.45) is 2.98. The summed E-state index contributed by atoms with van der Waals surface area (Å²) in [7, 11) is 1.82. The van der Waals surface area contributed by atoms with Gasteiger partial charge in [0.25, 0.3) is 0 Å². The number of benzene rings is 1. The lowest BCUT2D eigenvalue weighted by Crippen LogP contribution is -2.52. The Hall–Kier alpha value is -2.14. The number of aromatic nitrogens is 1. The van der Waals surface area contributed by atoms with Crippen LogP contribution < -0.4 is 5.32 Å². The van der Waals surface area contributed by atoms with Crippen LogP contribution in [0.2, 0.25) is 0 Å². The number of rotatable bonds is 6. The van der Waals surface area contributed by atoms with E-state index in [0.29, 0.717) is 6.42 Å². The van der Waals surface area contributed by atoms with E-state index in [-0.39, 0.29) is 29.9 Å². The number of hydrogen-bond acceptors (Lipinski definition) is 5. The van der Waals surface area contributed by atoms with Crippen molar-refractivity contribution in [2.24, 2.45) is 4.99 Å². The van der Waals surface area contributed by atoms with Crippen molar-refractivity contribution in [3.05, 3.63) is 53.4 Å². The molecule has 0 atom stereocenters. The van der Waals surface area contributed by atoms with Crippen molar-refractivity contribution in [2.45, 2.75) is 32.5 Å². The van der Waals surface area contributed by atoms with Gasteiger partial charge in [0.2, 0.25) is 5.91 Å². The molecule has 2 aliphatic rings. The number of halogens is 1. The number of piperazine rings is 1. The van der Waals surface area contributed by atoms with E-state index >= 15 is 0 Å². The van der Waals surface area contributed by atoms with Crippen LogP contribution >= 0.6 is 24.0 Å². The van der Waals surface area contributed by atoms with Gasteiger partial charge in [-0.05, 0) is 17.5 Å². The molecule has 0 saturated carbocycles. The Morgan fingerprint density at radius 1 is 1.10 bits per heavy atom. The maximum absolute atomic E-state index is 12.5. The number of hydrogen-bond donors (Lipinski definition) is 1. The summed E-state index contributed by atoms with van der Waals surface area (Å²) in [6.45, 7) is 6.80. The Morgan fingerprint density at radius 2 is 1.81 bits per heavy atom. The number of aliphatic imine (C=N–C) groups is 1. The Labute approximate surface area is 200 Å². The van der Waals surface area contributed by atoms with Gasteiger partial charge >= 0.3 is 0 Å². The van der Waals surface area contributed by atoms with E-state index in [9.17, 15) is 4.79 Å². The zero-order chi connectivity index (χ0) is 20.8. The summed E-state index contributed by atoms with van der Waals surface area (Å²) >= 11 is 0. The Morgan fingerprint density at radius 3 is 2.42 bits per heavy atom. The third-order valence-electron chi connectivity index (χ3n) is 5.80. The molecule has 0 radical (unpaired) electrons. The van der Waals surface area contributed by atoms with Crippen LogP contribution in [-0.2, 0) is 24.4 Å². The third kappa shape index (κ3) is 6.19. The molecule has 1 saturated heterocycles. The molecule has 9 heteroatoms. The Kier molecular flexibility index (Phi) is 8.70. The molecule has 1 amide bonds. The quantitative estimate of drug-likeness (QED) is 0.264.